The van der Waals surface area contributed by atoms with Crippen LogP contribution in [0.2, 0.25) is 5.02 Å². The quantitative estimate of drug-likeness (QED) is 0.645. The number of methoxy groups -OCH3 is 1. The van der Waals surface area contributed by atoms with Crippen molar-refractivity contribution in [3.63, 3.8) is 0 Å². The summed E-state index contributed by atoms with van der Waals surface area (Å²) in [5, 5.41) is 16.1. The molecule has 0 saturated heterocycles. The highest BCUT2D eigenvalue weighted by molar-refractivity contribution is 6.33. The Morgan fingerprint density at radius 1 is 1.26 bits per heavy atom. The number of carbonyl (C=O) groups excluding carboxylic acids is 1. The number of amides is 2. The van der Waals surface area contributed by atoms with E-state index in [2.05, 4.69) is 10.6 Å². The van der Waals surface area contributed by atoms with Crippen LogP contribution in [0, 0.1) is 10.1 Å². The van der Waals surface area contributed by atoms with Gasteiger partial charge < -0.3 is 15.4 Å². The van der Waals surface area contributed by atoms with Gasteiger partial charge in [-0.3, -0.25) is 10.1 Å². The number of benzene rings is 2. The van der Waals surface area contributed by atoms with E-state index in [-0.39, 0.29) is 16.4 Å². The van der Waals surface area contributed by atoms with E-state index >= 15 is 0 Å². The Morgan fingerprint density at radius 3 is 2.57 bits per heavy atom. The standard InChI is InChI=1S/C15H14ClN3O4/c1-23-12-5-2-10(3-6-12)9-17-15(20)18-14-8-11(19(21)22)4-7-13(14)16/h2-8H,9H2,1H3,(H2,17,18,20). The van der Waals surface area contributed by atoms with Crippen LogP contribution in [-0.2, 0) is 6.54 Å². The summed E-state index contributed by atoms with van der Waals surface area (Å²) < 4.78 is 5.05. The van der Waals surface area contributed by atoms with Gasteiger partial charge in [0.1, 0.15) is 5.75 Å². The van der Waals surface area contributed by atoms with Gasteiger partial charge in [-0.2, -0.15) is 0 Å². The molecule has 0 bridgehead atoms. The molecule has 0 fully saturated rings. The first kappa shape index (κ1) is 16.6. The Balaban J connectivity index is 1.96. The third kappa shape index (κ3) is 4.58. The third-order valence-electron chi connectivity index (χ3n) is 3.02. The van der Waals surface area contributed by atoms with Crippen molar-refractivity contribution in [3.8, 4) is 5.75 Å². The fraction of sp³-hybridized carbons (Fsp3) is 0.133. The third-order valence-corrected chi connectivity index (χ3v) is 3.35. The highest BCUT2D eigenvalue weighted by atomic mass is 35.5. The first-order valence-electron chi connectivity index (χ1n) is 6.61. The molecule has 0 heterocycles. The second-order valence-corrected chi connectivity index (χ2v) is 4.98. The molecule has 2 amide bonds. The molecule has 0 aliphatic heterocycles. The van der Waals surface area contributed by atoms with E-state index in [4.69, 9.17) is 16.3 Å². The van der Waals surface area contributed by atoms with Crippen molar-refractivity contribution in [1.82, 2.24) is 5.32 Å². The van der Waals surface area contributed by atoms with E-state index in [9.17, 15) is 14.9 Å². The molecule has 0 aliphatic rings. The van der Waals surface area contributed by atoms with Gasteiger partial charge in [0.2, 0.25) is 0 Å². The summed E-state index contributed by atoms with van der Waals surface area (Å²) in [7, 11) is 1.57. The maximum atomic E-state index is 11.9. The molecule has 2 N–H and O–H groups in total. The SMILES string of the molecule is COc1ccc(CNC(=O)Nc2cc([N+](=O)[O-])ccc2Cl)cc1. The number of nitro benzene ring substituents is 1. The van der Waals surface area contributed by atoms with Crippen LogP contribution in [0.1, 0.15) is 5.56 Å². The Kier molecular flexibility index (Phi) is 5.37. The Morgan fingerprint density at radius 2 is 1.96 bits per heavy atom. The van der Waals surface area contributed by atoms with Crippen molar-refractivity contribution in [2.75, 3.05) is 12.4 Å². The van der Waals surface area contributed by atoms with Gasteiger partial charge in [-0.25, -0.2) is 4.79 Å². The lowest BCUT2D eigenvalue weighted by Gasteiger charge is -2.09. The number of hydrogen-bond donors (Lipinski definition) is 2. The summed E-state index contributed by atoms with van der Waals surface area (Å²) >= 11 is 5.92. The number of non-ortho nitro benzene ring substituents is 1. The average molecular weight is 336 g/mol. The summed E-state index contributed by atoms with van der Waals surface area (Å²) in [6.07, 6.45) is 0. The number of carbonyl (C=O) groups is 1. The van der Waals surface area contributed by atoms with Crippen molar-refractivity contribution < 1.29 is 14.5 Å². The van der Waals surface area contributed by atoms with E-state index in [0.717, 1.165) is 11.3 Å². The number of nitro groups is 1. The topological polar surface area (TPSA) is 93.5 Å². The van der Waals surface area contributed by atoms with Crippen molar-refractivity contribution in [2.45, 2.75) is 6.54 Å². The van der Waals surface area contributed by atoms with Crippen molar-refractivity contribution in [2.24, 2.45) is 0 Å². The second kappa shape index (κ2) is 7.46. The number of anilines is 1. The number of nitrogens with one attached hydrogen (secondary N) is 2. The molecule has 0 unspecified atom stereocenters. The largest absolute Gasteiger partial charge is 0.497 e. The van der Waals surface area contributed by atoms with E-state index in [1.165, 1.54) is 18.2 Å². The van der Waals surface area contributed by atoms with Crippen LogP contribution in [0.4, 0.5) is 16.2 Å². The molecular formula is C15H14ClN3O4. The molecule has 2 aromatic rings. The summed E-state index contributed by atoms with van der Waals surface area (Å²) in [5.41, 5.74) is 0.902. The molecule has 0 saturated carbocycles. The van der Waals surface area contributed by atoms with Crippen molar-refractivity contribution >= 4 is 29.0 Å². The maximum absolute atomic E-state index is 11.9. The smallest absolute Gasteiger partial charge is 0.319 e. The second-order valence-electron chi connectivity index (χ2n) is 4.58. The molecule has 7 nitrogen and oxygen atoms in total. The van der Waals surface area contributed by atoms with Crippen LogP contribution < -0.4 is 15.4 Å². The Hall–Kier alpha value is -2.80. The molecule has 0 spiro atoms. The molecule has 0 aromatic heterocycles. The molecule has 2 aromatic carbocycles. The molecule has 0 atom stereocenters. The van der Waals surface area contributed by atoms with Gasteiger partial charge in [-0.05, 0) is 23.8 Å². The number of nitrogens with zero attached hydrogens (tertiary/aromatic N) is 1. The van der Waals surface area contributed by atoms with Gasteiger partial charge in [0.05, 0.1) is 22.7 Å². The highest BCUT2D eigenvalue weighted by Gasteiger charge is 2.11. The van der Waals surface area contributed by atoms with Gasteiger partial charge in [0.15, 0.2) is 0 Å². The van der Waals surface area contributed by atoms with Crippen molar-refractivity contribution in [3.05, 3.63) is 63.2 Å². The van der Waals surface area contributed by atoms with Crippen LogP contribution in [0.5, 0.6) is 5.75 Å². The van der Waals surface area contributed by atoms with Crippen molar-refractivity contribution in [1.29, 1.82) is 0 Å². The van der Waals surface area contributed by atoms with Crippen LogP contribution >= 0.6 is 11.6 Å². The van der Waals surface area contributed by atoms with Crippen LogP contribution in [0.25, 0.3) is 0 Å². The minimum atomic E-state index is -0.559. The predicted molar refractivity (Wildman–Crippen MR) is 87.0 cm³/mol. The number of hydrogen-bond acceptors (Lipinski definition) is 4. The summed E-state index contributed by atoms with van der Waals surface area (Å²) in [6.45, 7) is 0.294. The van der Waals surface area contributed by atoms with Gasteiger partial charge in [0.25, 0.3) is 5.69 Å². The Bertz CT molecular complexity index is 719. The van der Waals surface area contributed by atoms with Gasteiger partial charge in [-0.15, -0.1) is 0 Å². The van der Waals surface area contributed by atoms with E-state index in [1.54, 1.807) is 19.2 Å². The minimum absolute atomic E-state index is 0.153. The van der Waals surface area contributed by atoms with Gasteiger partial charge in [0, 0.05) is 18.7 Å². The van der Waals surface area contributed by atoms with Crippen LogP contribution in [-0.4, -0.2) is 18.1 Å². The minimum Gasteiger partial charge on any atom is -0.497 e. The summed E-state index contributed by atoms with van der Waals surface area (Å²) in [4.78, 5) is 22.0. The Labute approximate surface area is 137 Å². The normalized spacial score (nSPS) is 10.0. The first-order valence-corrected chi connectivity index (χ1v) is 6.99. The maximum Gasteiger partial charge on any atom is 0.319 e. The van der Waals surface area contributed by atoms with Crippen LogP contribution in [0.15, 0.2) is 42.5 Å². The summed E-state index contributed by atoms with van der Waals surface area (Å²) in [6, 6.07) is 10.5. The number of rotatable bonds is 5. The van der Waals surface area contributed by atoms with E-state index < -0.39 is 11.0 Å². The molecular weight excluding hydrogens is 322 g/mol. The number of urea groups is 1. The predicted octanol–water partition coefficient (Wildman–Crippen LogP) is 3.58. The molecule has 120 valence electrons. The fourth-order valence-corrected chi connectivity index (χ4v) is 1.98. The molecule has 0 aliphatic carbocycles. The van der Waals surface area contributed by atoms with Gasteiger partial charge in [-0.1, -0.05) is 23.7 Å². The van der Waals surface area contributed by atoms with E-state index in [0.29, 0.717) is 6.54 Å². The molecule has 23 heavy (non-hydrogen) atoms. The summed E-state index contributed by atoms with van der Waals surface area (Å²) in [5.74, 6) is 0.724. The monoisotopic (exact) mass is 335 g/mol. The number of halogens is 1. The van der Waals surface area contributed by atoms with E-state index in [1.807, 2.05) is 12.1 Å². The first-order chi connectivity index (χ1) is 11.0. The zero-order valence-corrected chi connectivity index (χ0v) is 13.0. The zero-order valence-electron chi connectivity index (χ0n) is 12.2. The lowest BCUT2D eigenvalue weighted by atomic mass is 10.2. The fourth-order valence-electron chi connectivity index (χ4n) is 1.81. The van der Waals surface area contributed by atoms with Crippen LogP contribution in [0.3, 0.4) is 0 Å². The lowest BCUT2D eigenvalue weighted by molar-refractivity contribution is -0.384. The average Bonchev–Trinajstić information content (AvgIpc) is 2.55. The zero-order chi connectivity index (χ0) is 16.8. The highest BCUT2D eigenvalue weighted by Crippen LogP contribution is 2.26. The lowest BCUT2D eigenvalue weighted by Crippen LogP contribution is -2.28. The van der Waals surface area contributed by atoms with Gasteiger partial charge >= 0.3 is 6.03 Å². The number of ether oxygens (including phenoxy) is 1. The molecule has 0 radical (unpaired) electrons. The molecule has 8 heteroatoms. The molecule has 2 rings (SSSR count).